The Morgan fingerprint density at radius 3 is 2.45 bits per heavy atom. The molecule has 5 fully saturated rings. The molecule has 3 aromatic rings. The molecule has 5 aliphatic rings. The van der Waals surface area contributed by atoms with Crippen LogP contribution in [0, 0.1) is 40.3 Å². The molecule has 4 saturated carbocycles. The fraction of sp³-hybridized carbons (Fsp3) is 0.585. The van der Waals surface area contributed by atoms with Crippen molar-refractivity contribution in [3.05, 3.63) is 75.5 Å². The number of carbonyl (C=O) groups excluding carboxylic acids is 3. The summed E-state index contributed by atoms with van der Waals surface area (Å²) in [4.78, 5) is 54.8. The SMILES string of the molecule is C[C@]12CCC(=O)C[C@@H]1CC[C@@H]1[C@@H]2CC[C@]2(C)[C@@H](OCC(=O)N3CCN(C(=O)c4cc(Cc5n[nH]c(=O)c6ccccc56)ccc4F)CC3)CC[C@@H]12. The third-order valence-electron chi connectivity index (χ3n) is 14.1. The summed E-state index contributed by atoms with van der Waals surface area (Å²) in [7, 11) is 0. The maximum Gasteiger partial charge on any atom is 0.272 e. The van der Waals surface area contributed by atoms with Crippen LogP contribution in [0.4, 0.5) is 4.39 Å². The summed E-state index contributed by atoms with van der Waals surface area (Å²) in [5.41, 5.74) is 1.41. The van der Waals surface area contributed by atoms with Crippen LogP contribution >= 0.6 is 0 Å². The van der Waals surface area contributed by atoms with Gasteiger partial charge in [-0.15, -0.1) is 0 Å². The van der Waals surface area contributed by atoms with Gasteiger partial charge in [-0.05, 0) is 103 Å². The van der Waals surface area contributed by atoms with E-state index in [-0.39, 0.29) is 40.6 Å². The molecular formula is C41H49FN4O5. The van der Waals surface area contributed by atoms with Crippen LogP contribution in [-0.4, -0.2) is 76.5 Å². The molecule has 270 valence electrons. The number of amides is 2. The third-order valence-corrected chi connectivity index (χ3v) is 14.1. The van der Waals surface area contributed by atoms with Gasteiger partial charge in [-0.3, -0.25) is 19.2 Å². The van der Waals surface area contributed by atoms with Crippen LogP contribution in [0.15, 0.2) is 47.3 Å². The van der Waals surface area contributed by atoms with Crippen molar-refractivity contribution in [3.63, 3.8) is 0 Å². The molecular weight excluding hydrogens is 647 g/mol. The molecule has 0 bridgehead atoms. The van der Waals surface area contributed by atoms with E-state index in [2.05, 4.69) is 24.0 Å². The van der Waals surface area contributed by atoms with E-state index in [0.717, 1.165) is 44.9 Å². The van der Waals surface area contributed by atoms with Crippen molar-refractivity contribution in [2.24, 2.45) is 34.5 Å². The number of benzene rings is 2. The summed E-state index contributed by atoms with van der Waals surface area (Å²) in [5.74, 6) is 1.91. The molecule has 1 aromatic heterocycles. The lowest BCUT2D eigenvalue weighted by Gasteiger charge is -2.60. The Bertz CT molecular complexity index is 1920. The highest BCUT2D eigenvalue weighted by Gasteiger charge is 2.60. The first-order chi connectivity index (χ1) is 24.5. The lowest BCUT2D eigenvalue weighted by Crippen LogP contribution is -2.54. The minimum absolute atomic E-state index is 0.0115. The number of fused-ring (bicyclic) bond motifs is 6. The monoisotopic (exact) mass is 696 g/mol. The quantitative estimate of drug-likeness (QED) is 0.342. The van der Waals surface area contributed by atoms with Crippen LogP contribution < -0.4 is 5.56 Å². The van der Waals surface area contributed by atoms with Gasteiger partial charge in [-0.1, -0.05) is 38.1 Å². The second-order valence-corrected chi connectivity index (χ2v) is 16.5. The Labute approximate surface area is 298 Å². The zero-order valence-corrected chi connectivity index (χ0v) is 29.8. The number of Topliss-reactive ketones (excluding diaryl/α,β-unsaturated/α-hetero) is 1. The summed E-state index contributed by atoms with van der Waals surface area (Å²) in [6, 6.07) is 11.7. The maximum absolute atomic E-state index is 15.0. The van der Waals surface area contributed by atoms with E-state index in [1.165, 1.54) is 18.9 Å². The van der Waals surface area contributed by atoms with E-state index in [0.29, 0.717) is 84.1 Å². The molecule has 1 aliphatic heterocycles. The van der Waals surface area contributed by atoms with E-state index >= 15 is 4.39 Å². The minimum Gasteiger partial charge on any atom is -0.368 e. The average molecular weight is 697 g/mol. The van der Waals surface area contributed by atoms with Gasteiger partial charge in [0.25, 0.3) is 11.5 Å². The van der Waals surface area contributed by atoms with Gasteiger partial charge in [0.1, 0.15) is 18.2 Å². The number of hydrogen-bond donors (Lipinski definition) is 1. The second-order valence-electron chi connectivity index (χ2n) is 16.5. The molecule has 9 nitrogen and oxygen atoms in total. The predicted octanol–water partition coefficient (Wildman–Crippen LogP) is 5.93. The van der Waals surface area contributed by atoms with Gasteiger partial charge >= 0.3 is 0 Å². The van der Waals surface area contributed by atoms with Gasteiger partial charge in [0, 0.05) is 50.8 Å². The number of ether oxygens (including phenoxy) is 1. The Balaban J connectivity index is 0.857. The molecule has 10 heteroatoms. The summed E-state index contributed by atoms with van der Waals surface area (Å²) in [5, 5.41) is 8.00. The van der Waals surface area contributed by atoms with Crippen molar-refractivity contribution in [1.82, 2.24) is 20.0 Å². The number of H-pyrrole nitrogens is 1. The highest BCUT2D eigenvalue weighted by Crippen LogP contribution is 2.66. The average Bonchev–Trinajstić information content (AvgIpc) is 3.48. The Kier molecular flexibility index (Phi) is 8.88. The molecule has 0 unspecified atom stereocenters. The molecule has 0 spiro atoms. The van der Waals surface area contributed by atoms with Gasteiger partial charge in [0.05, 0.1) is 22.7 Å². The molecule has 2 aromatic carbocycles. The van der Waals surface area contributed by atoms with Gasteiger partial charge in [0.15, 0.2) is 0 Å². The van der Waals surface area contributed by atoms with Gasteiger partial charge in [-0.25, -0.2) is 9.49 Å². The summed E-state index contributed by atoms with van der Waals surface area (Å²) < 4.78 is 21.5. The maximum atomic E-state index is 15.0. The van der Waals surface area contributed by atoms with Crippen molar-refractivity contribution < 1.29 is 23.5 Å². The van der Waals surface area contributed by atoms with E-state index in [1.807, 2.05) is 12.1 Å². The Hall–Kier alpha value is -3.92. The van der Waals surface area contributed by atoms with E-state index in [1.54, 1.807) is 34.1 Å². The lowest BCUT2D eigenvalue weighted by molar-refractivity contribution is -0.153. The largest absolute Gasteiger partial charge is 0.368 e. The number of piperazine rings is 1. The molecule has 7 atom stereocenters. The van der Waals surface area contributed by atoms with Crippen molar-refractivity contribution in [2.75, 3.05) is 32.8 Å². The zero-order chi connectivity index (χ0) is 35.5. The molecule has 4 aliphatic carbocycles. The second kappa shape index (κ2) is 13.2. The first-order valence-electron chi connectivity index (χ1n) is 19.0. The number of rotatable bonds is 6. The smallest absolute Gasteiger partial charge is 0.272 e. The molecule has 2 amide bonds. The number of halogens is 1. The summed E-state index contributed by atoms with van der Waals surface area (Å²) in [6.45, 7) is 6.30. The molecule has 51 heavy (non-hydrogen) atoms. The Morgan fingerprint density at radius 2 is 1.65 bits per heavy atom. The number of ketones is 1. The first-order valence-corrected chi connectivity index (χ1v) is 19.0. The lowest BCUT2D eigenvalue weighted by atomic mass is 9.45. The summed E-state index contributed by atoms with van der Waals surface area (Å²) >= 11 is 0. The van der Waals surface area contributed by atoms with Crippen molar-refractivity contribution in [2.45, 2.75) is 84.2 Å². The van der Waals surface area contributed by atoms with Crippen LogP contribution in [0.5, 0.6) is 0 Å². The van der Waals surface area contributed by atoms with E-state index in [4.69, 9.17) is 4.74 Å². The first kappa shape index (κ1) is 34.2. The van der Waals surface area contributed by atoms with Crippen LogP contribution in [0.25, 0.3) is 10.8 Å². The zero-order valence-electron chi connectivity index (χ0n) is 29.8. The molecule has 1 N–H and O–H groups in total. The highest BCUT2D eigenvalue weighted by molar-refractivity contribution is 5.95. The van der Waals surface area contributed by atoms with E-state index in [9.17, 15) is 19.2 Å². The van der Waals surface area contributed by atoms with Gasteiger partial charge in [0.2, 0.25) is 5.91 Å². The topological polar surface area (TPSA) is 113 Å². The number of aromatic nitrogens is 2. The molecule has 2 heterocycles. The van der Waals surface area contributed by atoms with Crippen LogP contribution in [0.1, 0.15) is 93.3 Å². The normalized spacial score (nSPS) is 32.0. The number of nitrogens with one attached hydrogen (secondary N) is 1. The summed E-state index contributed by atoms with van der Waals surface area (Å²) in [6.07, 6.45) is 9.76. The standard InChI is InChI=1S/C41H49FN4O5/c1-40-15-13-27(47)23-26(40)8-9-30-32-10-12-36(41(32,2)16-14-33(30)40)51-24-37(48)45-17-19-46(20-18-45)39(50)31-21-25(7-11-34(31)42)22-35-28-5-3-4-6-29(28)38(49)44-43-35/h3-7,11,21,26,30,32-33,36H,8-10,12-20,22-24H2,1-2H3,(H,44,49)/t26-,30-,32-,33-,36-,40-,41-/m0/s1. The Morgan fingerprint density at radius 1 is 0.902 bits per heavy atom. The van der Waals surface area contributed by atoms with Crippen molar-refractivity contribution in [3.8, 4) is 0 Å². The van der Waals surface area contributed by atoms with Crippen LogP contribution in [-0.2, 0) is 20.7 Å². The fourth-order valence-corrected chi connectivity index (χ4v) is 11.2. The molecule has 1 saturated heterocycles. The number of hydrogen-bond acceptors (Lipinski definition) is 6. The highest BCUT2D eigenvalue weighted by atomic mass is 19.1. The van der Waals surface area contributed by atoms with Crippen molar-refractivity contribution in [1.29, 1.82) is 0 Å². The van der Waals surface area contributed by atoms with Gasteiger partial charge in [-0.2, -0.15) is 5.10 Å². The predicted molar refractivity (Wildman–Crippen MR) is 191 cm³/mol. The van der Waals surface area contributed by atoms with Crippen LogP contribution in [0.3, 0.4) is 0 Å². The van der Waals surface area contributed by atoms with Gasteiger partial charge < -0.3 is 14.5 Å². The van der Waals surface area contributed by atoms with E-state index < -0.39 is 11.7 Å². The van der Waals surface area contributed by atoms with Crippen molar-refractivity contribution >= 4 is 28.4 Å². The third kappa shape index (κ3) is 6.01. The molecule has 8 rings (SSSR count). The fourth-order valence-electron chi connectivity index (χ4n) is 11.2. The minimum atomic E-state index is -0.594. The molecule has 0 radical (unpaired) electrons. The number of carbonyl (C=O) groups is 3. The van der Waals surface area contributed by atoms with Crippen LogP contribution in [0.2, 0.25) is 0 Å². The number of aromatic amines is 1. The number of nitrogens with zero attached hydrogens (tertiary/aromatic N) is 3.